The van der Waals surface area contributed by atoms with Gasteiger partial charge in [-0.1, -0.05) is 0 Å². The van der Waals surface area contributed by atoms with E-state index in [0.29, 0.717) is 44.3 Å². The summed E-state index contributed by atoms with van der Waals surface area (Å²) in [6.07, 6.45) is 2.24. The summed E-state index contributed by atoms with van der Waals surface area (Å²) in [4.78, 5) is 4.33. The Labute approximate surface area is 130 Å². The van der Waals surface area contributed by atoms with Crippen LogP contribution in [0.25, 0.3) is 0 Å². The lowest BCUT2D eigenvalue weighted by Crippen LogP contribution is -2.13. The average molecular weight is 304 g/mol. The monoisotopic (exact) mass is 304 g/mol. The Kier molecular flexibility index (Phi) is 6.19. The molecule has 0 amide bonds. The van der Waals surface area contributed by atoms with E-state index in [-0.39, 0.29) is 5.92 Å². The van der Waals surface area contributed by atoms with Crippen molar-refractivity contribution in [3.05, 3.63) is 17.7 Å². The van der Waals surface area contributed by atoms with Crippen LogP contribution in [0, 0.1) is 17.2 Å². The third-order valence-electron chi connectivity index (χ3n) is 3.26. The van der Waals surface area contributed by atoms with Crippen LogP contribution in [0.15, 0.2) is 17.1 Å². The van der Waals surface area contributed by atoms with Crippen LogP contribution in [0.2, 0.25) is 0 Å². The van der Waals surface area contributed by atoms with E-state index in [1.54, 1.807) is 20.4 Å². The molecular weight excluding hydrogens is 284 g/mol. The lowest BCUT2D eigenvalue weighted by molar-refractivity contribution is 0.132. The van der Waals surface area contributed by atoms with Crippen LogP contribution in [-0.4, -0.2) is 46.9 Å². The van der Waals surface area contributed by atoms with E-state index in [9.17, 15) is 0 Å². The number of aliphatic imine (C=N–C) groups is 1. The maximum atomic E-state index is 9.11. The summed E-state index contributed by atoms with van der Waals surface area (Å²) in [7, 11) is 3.24. The van der Waals surface area contributed by atoms with Gasteiger partial charge in [0.15, 0.2) is 11.5 Å². The third-order valence-corrected chi connectivity index (χ3v) is 3.26. The lowest BCUT2D eigenvalue weighted by Gasteiger charge is -2.21. The average Bonchev–Trinajstić information content (AvgIpc) is 2.56. The van der Waals surface area contributed by atoms with E-state index >= 15 is 0 Å². The van der Waals surface area contributed by atoms with Crippen molar-refractivity contribution in [2.24, 2.45) is 10.9 Å². The van der Waals surface area contributed by atoms with Crippen molar-refractivity contribution in [2.45, 2.75) is 6.42 Å². The molecule has 1 unspecified atom stereocenters. The van der Waals surface area contributed by atoms with Crippen LogP contribution in [-0.2, 0) is 15.9 Å². The van der Waals surface area contributed by atoms with E-state index in [1.807, 2.05) is 12.1 Å². The standard InChI is InChI=1S/C16H20N2O4/c1-19-5-7-21-15-4-3-14-13(9-12(10-17)11-18-14)16(15)22-8-6-20-2/h3-4,11-12H,5-9H2,1-2H3. The van der Waals surface area contributed by atoms with Crippen LogP contribution < -0.4 is 9.47 Å². The lowest BCUT2D eigenvalue weighted by atomic mass is 9.96. The minimum atomic E-state index is -0.244. The van der Waals surface area contributed by atoms with Gasteiger partial charge in [0.1, 0.15) is 13.2 Å². The molecule has 0 saturated heterocycles. The largest absolute Gasteiger partial charge is 0.487 e. The van der Waals surface area contributed by atoms with Crippen LogP contribution in [0.5, 0.6) is 11.5 Å². The highest BCUT2D eigenvalue weighted by Crippen LogP contribution is 2.40. The van der Waals surface area contributed by atoms with Gasteiger partial charge in [-0.15, -0.1) is 0 Å². The summed E-state index contributed by atoms with van der Waals surface area (Å²) >= 11 is 0. The maximum Gasteiger partial charge on any atom is 0.166 e. The summed E-state index contributed by atoms with van der Waals surface area (Å²) in [5.41, 5.74) is 1.72. The fourth-order valence-corrected chi connectivity index (χ4v) is 2.17. The van der Waals surface area contributed by atoms with Gasteiger partial charge in [0.2, 0.25) is 0 Å². The normalized spacial score (nSPS) is 16.0. The molecule has 0 fully saturated rings. The van der Waals surface area contributed by atoms with Crippen molar-refractivity contribution >= 4 is 11.9 Å². The first-order valence-corrected chi connectivity index (χ1v) is 7.13. The van der Waals surface area contributed by atoms with Crippen molar-refractivity contribution in [2.75, 3.05) is 40.6 Å². The van der Waals surface area contributed by atoms with Gasteiger partial charge < -0.3 is 18.9 Å². The Balaban J connectivity index is 2.26. The Morgan fingerprint density at radius 2 is 1.86 bits per heavy atom. The molecule has 1 atom stereocenters. The first-order chi connectivity index (χ1) is 10.8. The fraction of sp³-hybridized carbons (Fsp3) is 0.500. The molecular formula is C16H20N2O4. The molecule has 1 aromatic carbocycles. The summed E-state index contributed by atoms with van der Waals surface area (Å²) in [5, 5.41) is 9.11. The highest BCUT2D eigenvalue weighted by molar-refractivity contribution is 5.76. The Morgan fingerprint density at radius 1 is 1.14 bits per heavy atom. The van der Waals surface area contributed by atoms with Crippen LogP contribution in [0.3, 0.4) is 0 Å². The van der Waals surface area contributed by atoms with E-state index in [1.165, 1.54) is 0 Å². The number of methoxy groups -OCH3 is 2. The van der Waals surface area contributed by atoms with Crippen LogP contribution >= 0.6 is 0 Å². The molecule has 1 aliphatic rings. The van der Waals surface area contributed by atoms with E-state index in [4.69, 9.17) is 24.2 Å². The maximum absolute atomic E-state index is 9.11. The summed E-state index contributed by atoms with van der Waals surface area (Å²) < 4.78 is 21.6. The van der Waals surface area contributed by atoms with Crippen molar-refractivity contribution < 1.29 is 18.9 Å². The molecule has 6 nitrogen and oxygen atoms in total. The molecule has 0 aromatic heterocycles. The van der Waals surface area contributed by atoms with Gasteiger partial charge in [0, 0.05) is 26.0 Å². The predicted octanol–water partition coefficient (Wildman–Crippen LogP) is 2.14. The van der Waals surface area contributed by atoms with Gasteiger partial charge in [-0.25, -0.2) is 0 Å². The zero-order chi connectivity index (χ0) is 15.8. The minimum Gasteiger partial charge on any atom is -0.487 e. The van der Waals surface area contributed by atoms with Gasteiger partial charge in [-0.05, 0) is 18.6 Å². The highest BCUT2D eigenvalue weighted by atomic mass is 16.5. The van der Waals surface area contributed by atoms with Crippen molar-refractivity contribution in [3.63, 3.8) is 0 Å². The molecule has 6 heteroatoms. The molecule has 0 N–H and O–H groups in total. The molecule has 22 heavy (non-hydrogen) atoms. The number of benzene rings is 1. The Bertz CT molecular complexity index is 566. The second-order valence-electron chi connectivity index (χ2n) is 4.79. The Hall–Kier alpha value is -2.10. The minimum absolute atomic E-state index is 0.244. The second-order valence-corrected chi connectivity index (χ2v) is 4.79. The van der Waals surface area contributed by atoms with Crippen LogP contribution in [0.4, 0.5) is 5.69 Å². The zero-order valence-electron chi connectivity index (χ0n) is 12.9. The SMILES string of the molecule is COCCOc1ccc2c(c1OCCOC)CC(C#N)C=N2. The van der Waals surface area contributed by atoms with Gasteiger partial charge in [0.05, 0.1) is 30.9 Å². The van der Waals surface area contributed by atoms with Gasteiger partial charge in [0.25, 0.3) is 0 Å². The first-order valence-electron chi connectivity index (χ1n) is 7.13. The second kappa shape index (κ2) is 8.37. The predicted molar refractivity (Wildman–Crippen MR) is 82.1 cm³/mol. The number of fused-ring (bicyclic) bond motifs is 1. The summed E-state index contributed by atoms with van der Waals surface area (Å²) in [6.45, 7) is 1.81. The zero-order valence-corrected chi connectivity index (χ0v) is 12.9. The molecule has 118 valence electrons. The van der Waals surface area contributed by atoms with Gasteiger partial charge >= 0.3 is 0 Å². The molecule has 2 rings (SSSR count). The third kappa shape index (κ3) is 3.97. The van der Waals surface area contributed by atoms with E-state index < -0.39 is 0 Å². The number of nitriles is 1. The highest BCUT2D eigenvalue weighted by Gasteiger charge is 2.22. The number of hydrogen-bond acceptors (Lipinski definition) is 6. The molecule has 0 spiro atoms. The van der Waals surface area contributed by atoms with Crippen molar-refractivity contribution in [1.29, 1.82) is 5.26 Å². The molecule has 1 aliphatic heterocycles. The smallest absolute Gasteiger partial charge is 0.166 e. The van der Waals surface area contributed by atoms with Crippen LogP contribution in [0.1, 0.15) is 5.56 Å². The quantitative estimate of drug-likeness (QED) is 0.688. The first kappa shape index (κ1) is 16.3. The number of hydrogen-bond donors (Lipinski definition) is 0. The molecule has 0 saturated carbocycles. The number of rotatable bonds is 8. The Morgan fingerprint density at radius 3 is 2.55 bits per heavy atom. The molecule has 0 aliphatic carbocycles. The van der Waals surface area contributed by atoms with E-state index in [0.717, 1.165) is 11.3 Å². The summed E-state index contributed by atoms with van der Waals surface area (Å²) in [6, 6.07) is 5.93. The molecule has 1 aromatic rings. The van der Waals surface area contributed by atoms with Crippen molar-refractivity contribution in [3.8, 4) is 17.6 Å². The fourth-order valence-electron chi connectivity index (χ4n) is 2.17. The molecule has 1 heterocycles. The topological polar surface area (TPSA) is 73.1 Å². The number of nitrogens with zero attached hydrogens (tertiary/aromatic N) is 2. The van der Waals surface area contributed by atoms with Gasteiger partial charge in [-0.2, -0.15) is 5.26 Å². The van der Waals surface area contributed by atoms with Gasteiger partial charge in [-0.3, -0.25) is 4.99 Å². The molecule has 0 bridgehead atoms. The number of ether oxygens (including phenoxy) is 4. The summed E-state index contributed by atoms with van der Waals surface area (Å²) in [5.74, 6) is 1.04. The molecule has 0 radical (unpaired) electrons. The van der Waals surface area contributed by atoms with E-state index in [2.05, 4.69) is 11.1 Å². The van der Waals surface area contributed by atoms with Crippen molar-refractivity contribution in [1.82, 2.24) is 0 Å².